The molecule has 0 aliphatic rings. The number of rotatable bonds is 5. The first-order valence-corrected chi connectivity index (χ1v) is 6.82. The summed E-state index contributed by atoms with van der Waals surface area (Å²) in [7, 11) is -4.00. The van der Waals surface area contributed by atoms with E-state index in [9.17, 15) is 21.6 Å². The van der Waals surface area contributed by atoms with Crippen LogP contribution in [0.1, 0.15) is 5.56 Å². The van der Waals surface area contributed by atoms with Crippen LogP contribution in [0.3, 0.4) is 0 Å². The maximum Gasteiger partial charge on any atom is 0.415 e. The molecule has 1 aromatic rings. The fourth-order valence-electron chi connectivity index (χ4n) is 1.24. The number of nitrogens with one attached hydrogen (secondary N) is 1. The monoisotopic (exact) mass is 298 g/mol. The Kier molecular flexibility index (Phi) is 4.77. The van der Waals surface area contributed by atoms with E-state index >= 15 is 0 Å². The van der Waals surface area contributed by atoms with Crippen LogP contribution in [-0.2, 0) is 15.8 Å². The van der Waals surface area contributed by atoms with Crippen LogP contribution in [0.25, 0.3) is 0 Å². The lowest BCUT2D eigenvalue weighted by atomic mass is 10.2. The van der Waals surface area contributed by atoms with Crippen LogP contribution in [0.2, 0.25) is 0 Å². The molecule has 19 heavy (non-hydrogen) atoms. The lowest BCUT2D eigenvalue weighted by molar-refractivity contribution is -0.200. The number of hydrogen-bond donors (Lipinski definition) is 3. The second-order valence-electron chi connectivity index (χ2n) is 3.86. The average Bonchev–Trinajstić information content (AvgIpc) is 2.28. The van der Waals surface area contributed by atoms with E-state index in [2.05, 4.69) is 0 Å². The summed E-state index contributed by atoms with van der Waals surface area (Å²) >= 11 is 0. The number of nitrogen functional groups attached to an aromatic ring is 1. The summed E-state index contributed by atoms with van der Waals surface area (Å²) in [5, 5.41) is 8.69. The van der Waals surface area contributed by atoms with Gasteiger partial charge in [-0.3, -0.25) is 0 Å². The molecule has 0 bridgehead atoms. The van der Waals surface area contributed by atoms with Crippen molar-refractivity contribution < 1.29 is 26.7 Å². The molecule has 0 amide bonds. The predicted molar refractivity (Wildman–Crippen MR) is 63.5 cm³/mol. The molecular weight excluding hydrogens is 285 g/mol. The number of aliphatic hydroxyl groups excluding tert-OH is 1. The molecule has 0 aromatic heterocycles. The van der Waals surface area contributed by atoms with E-state index in [1.54, 1.807) is 16.9 Å². The third kappa shape index (κ3) is 5.05. The predicted octanol–water partition coefficient (Wildman–Crippen LogP) is 0.611. The second kappa shape index (κ2) is 5.76. The van der Waals surface area contributed by atoms with Crippen molar-refractivity contribution in [1.82, 2.24) is 4.72 Å². The van der Waals surface area contributed by atoms with Crippen molar-refractivity contribution in [2.24, 2.45) is 0 Å². The number of sulfonamides is 1. The SMILES string of the molecule is Nc1ccccc1CS(=O)(=O)NCC(O)C(F)(F)F. The van der Waals surface area contributed by atoms with E-state index in [1.165, 1.54) is 12.1 Å². The van der Waals surface area contributed by atoms with Gasteiger partial charge in [-0.1, -0.05) is 18.2 Å². The van der Waals surface area contributed by atoms with Crippen LogP contribution in [0, 0.1) is 0 Å². The van der Waals surface area contributed by atoms with Crippen molar-refractivity contribution >= 4 is 15.7 Å². The van der Waals surface area contributed by atoms with E-state index in [0.29, 0.717) is 0 Å². The van der Waals surface area contributed by atoms with Gasteiger partial charge in [0, 0.05) is 12.2 Å². The molecule has 108 valence electrons. The van der Waals surface area contributed by atoms with E-state index in [1.807, 2.05) is 0 Å². The zero-order chi connectivity index (χ0) is 14.7. The molecule has 0 aliphatic heterocycles. The van der Waals surface area contributed by atoms with Crippen molar-refractivity contribution in [2.45, 2.75) is 18.0 Å². The van der Waals surface area contributed by atoms with Crippen molar-refractivity contribution in [3.8, 4) is 0 Å². The molecular formula is C10H13F3N2O3S. The molecule has 1 aromatic carbocycles. The molecule has 1 rings (SSSR count). The zero-order valence-electron chi connectivity index (χ0n) is 9.68. The van der Waals surface area contributed by atoms with Gasteiger partial charge < -0.3 is 10.8 Å². The Balaban J connectivity index is 2.66. The van der Waals surface area contributed by atoms with Gasteiger partial charge in [0.05, 0.1) is 5.75 Å². The standard InChI is InChI=1S/C10H13F3N2O3S/c11-10(12,13)9(16)5-15-19(17,18)6-7-3-1-2-4-8(7)14/h1-4,9,15-16H,5-6,14H2. The van der Waals surface area contributed by atoms with Gasteiger partial charge in [0.2, 0.25) is 10.0 Å². The fraction of sp³-hybridized carbons (Fsp3) is 0.400. The highest BCUT2D eigenvalue weighted by Crippen LogP contribution is 2.19. The minimum absolute atomic E-state index is 0.226. The summed E-state index contributed by atoms with van der Waals surface area (Å²) < 4.78 is 60.8. The summed E-state index contributed by atoms with van der Waals surface area (Å²) in [5.41, 5.74) is 6.03. The molecule has 0 fully saturated rings. The third-order valence-electron chi connectivity index (χ3n) is 2.28. The zero-order valence-corrected chi connectivity index (χ0v) is 10.5. The minimum atomic E-state index is -4.87. The highest BCUT2D eigenvalue weighted by atomic mass is 32.2. The maximum atomic E-state index is 12.0. The molecule has 0 spiro atoms. The van der Waals surface area contributed by atoms with Crippen LogP contribution in [0.4, 0.5) is 18.9 Å². The Bertz CT molecular complexity index is 531. The van der Waals surface area contributed by atoms with E-state index in [4.69, 9.17) is 10.8 Å². The van der Waals surface area contributed by atoms with Crippen molar-refractivity contribution in [3.05, 3.63) is 29.8 Å². The molecule has 0 heterocycles. The Morgan fingerprint density at radius 3 is 2.42 bits per heavy atom. The number of aliphatic hydroxyl groups is 1. The first-order valence-electron chi connectivity index (χ1n) is 5.17. The first kappa shape index (κ1) is 15.7. The first-order chi connectivity index (χ1) is 8.62. The second-order valence-corrected chi connectivity index (χ2v) is 5.67. The minimum Gasteiger partial charge on any atom is -0.398 e. The lowest BCUT2D eigenvalue weighted by Gasteiger charge is -2.15. The van der Waals surface area contributed by atoms with E-state index in [0.717, 1.165) is 0 Å². The third-order valence-corrected chi connectivity index (χ3v) is 3.57. The van der Waals surface area contributed by atoms with E-state index < -0.39 is 34.6 Å². The Morgan fingerprint density at radius 1 is 1.32 bits per heavy atom. The summed E-state index contributed by atoms with van der Waals surface area (Å²) in [6, 6.07) is 6.10. The number of anilines is 1. The van der Waals surface area contributed by atoms with Crippen LogP contribution in [0.15, 0.2) is 24.3 Å². The quantitative estimate of drug-likeness (QED) is 0.695. The largest absolute Gasteiger partial charge is 0.415 e. The average molecular weight is 298 g/mol. The van der Waals surface area contributed by atoms with E-state index in [-0.39, 0.29) is 11.3 Å². The van der Waals surface area contributed by atoms with Gasteiger partial charge in [0.1, 0.15) is 0 Å². The molecule has 1 unspecified atom stereocenters. The number of halogens is 3. The highest BCUT2D eigenvalue weighted by Gasteiger charge is 2.38. The summed E-state index contributed by atoms with van der Waals surface area (Å²) in [6.07, 6.45) is -7.61. The van der Waals surface area contributed by atoms with Crippen molar-refractivity contribution in [2.75, 3.05) is 12.3 Å². The normalized spacial score (nSPS) is 14.3. The molecule has 4 N–H and O–H groups in total. The molecule has 1 atom stereocenters. The molecule has 0 radical (unpaired) electrons. The van der Waals surface area contributed by atoms with Crippen LogP contribution in [-0.4, -0.2) is 32.3 Å². The molecule has 0 saturated heterocycles. The van der Waals surface area contributed by atoms with Gasteiger partial charge in [-0.05, 0) is 11.6 Å². The lowest BCUT2D eigenvalue weighted by Crippen LogP contribution is -2.41. The van der Waals surface area contributed by atoms with Gasteiger partial charge in [0.15, 0.2) is 6.10 Å². The number of nitrogens with two attached hydrogens (primary N) is 1. The van der Waals surface area contributed by atoms with Crippen molar-refractivity contribution in [1.29, 1.82) is 0 Å². The van der Waals surface area contributed by atoms with Gasteiger partial charge in [-0.2, -0.15) is 13.2 Å². The Hall–Kier alpha value is -1.32. The van der Waals surface area contributed by atoms with Gasteiger partial charge in [-0.25, -0.2) is 13.1 Å². The number of benzene rings is 1. The van der Waals surface area contributed by atoms with Crippen LogP contribution < -0.4 is 10.5 Å². The smallest absolute Gasteiger partial charge is 0.398 e. The summed E-state index contributed by atoms with van der Waals surface area (Å²) in [5.74, 6) is -0.551. The Labute approximate surface area is 108 Å². The van der Waals surface area contributed by atoms with Crippen molar-refractivity contribution in [3.63, 3.8) is 0 Å². The highest BCUT2D eigenvalue weighted by molar-refractivity contribution is 7.88. The number of hydrogen-bond acceptors (Lipinski definition) is 4. The molecule has 5 nitrogen and oxygen atoms in total. The van der Waals surface area contributed by atoms with Gasteiger partial charge >= 0.3 is 6.18 Å². The topological polar surface area (TPSA) is 92.4 Å². The fourth-order valence-corrected chi connectivity index (χ4v) is 2.43. The van der Waals surface area contributed by atoms with Gasteiger partial charge in [0.25, 0.3) is 0 Å². The molecule has 0 aliphatic carbocycles. The summed E-state index contributed by atoms with van der Waals surface area (Å²) in [4.78, 5) is 0. The maximum absolute atomic E-state index is 12.0. The van der Waals surface area contributed by atoms with Crippen LogP contribution in [0.5, 0.6) is 0 Å². The number of alkyl halides is 3. The van der Waals surface area contributed by atoms with Crippen LogP contribution >= 0.6 is 0 Å². The molecule has 9 heteroatoms. The Morgan fingerprint density at radius 2 is 1.89 bits per heavy atom. The number of para-hydroxylation sites is 1. The molecule has 0 saturated carbocycles. The summed E-state index contributed by atoms with van der Waals surface area (Å²) in [6.45, 7) is -1.13. The van der Waals surface area contributed by atoms with Gasteiger partial charge in [-0.15, -0.1) is 0 Å².